The SMILES string of the molecule is Cc1c(C(=O)N[C@@H](C)CO)cc(-c2ccccc2)cc1-n1cnnc1C(C)C. The molecule has 6 nitrogen and oxygen atoms in total. The maximum Gasteiger partial charge on any atom is 0.251 e. The van der Waals surface area contributed by atoms with Crippen LogP contribution in [0.1, 0.15) is 48.4 Å². The summed E-state index contributed by atoms with van der Waals surface area (Å²) >= 11 is 0. The van der Waals surface area contributed by atoms with E-state index in [4.69, 9.17) is 0 Å². The van der Waals surface area contributed by atoms with Crippen molar-refractivity contribution in [1.82, 2.24) is 20.1 Å². The first-order chi connectivity index (χ1) is 13.4. The number of hydrogen-bond acceptors (Lipinski definition) is 4. The number of aliphatic hydroxyl groups is 1. The fourth-order valence-corrected chi connectivity index (χ4v) is 3.15. The van der Waals surface area contributed by atoms with E-state index < -0.39 is 0 Å². The van der Waals surface area contributed by atoms with E-state index in [0.29, 0.717) is 5.56 Å². The molecule has 28 heavy (non-hydrogen) atoms. The van der Waals surface area contributed by atoms with Gasteiger partial charge in [-0.3, -0.25) is 9.36 Å². The van der Waals surface area contributed by atoms with E-state index >= 15 is 0 Å². The largest absolute Gasteiger partial charge is 0.394 e. The van der Waals surface area contributed by atoms with Gasteiger partial charge >= 0.3 is 0 Å². The van der Waals surface area contributed by atoms with E-state index in [1.165, 1.54) is 0 Å². The molecule has 0 aliphatic rings. The predicted molar refractivity (Wildman–Crippen MR) is 110 cm³/mol. The van der Waals surface area contributed by atoms with Crippen molar-refractivity contribution < 1.29 is 9.90 Å². The van der Waals surface area contributed by atoms with Gasteiger partial charge in [-0.15, -0.1) is 10.2 Å². The van der Waals surface area contributed by atoms with Crippen LogP contribution in [0.5, 0.6) is 0 Å². The molecular formula is C22H26N4O2. The summed E-state index contributed by atoms with van der Waals surface area (Å²) in [7, 11) is 0. The summed E-state index contributed by atoms with van der Waals surface area (Å²) in [5.74, 6) is 0.814. The normalized spacial score (nSPS) is 12.2. The van der Waals surface area contributed by atoms with Crippen LogP contribution in [0, 0.1) is 6.92 Å². The van der Waals surface area contributed by atoms with Gasteiger partial charge in [0.05, 0.1) is 12.3 Å². The Labute approximate surface area is 165 Å². The highest BCUT2D eigenvalue weighted by Gasteiger charge is 2.19. The molecular weight excluding hydrogens is 352 g/mol. The Bertz CT molecular complexity index is 964. The average Bonchev–Trinajstić information content (AvgIpc) is 3.18. The van der Waals surface area contributed by atoms with Crippen LogP contribution in [0.2, 0.25) is 0 Å². The minimum absolute atomic E-state index is 0.112. The molecule has 0 aliphatic heterocycles. The van der Waals surface area contributed by atoms with Gasteiger partial charge in [-0.05, 0) is 42.7 Å². The summed E-state index contributed by atoms with van der Waals surface area (Å²) in [4.78, 5) is 12.9. The third-order valence-corrected chi connectivity index (χ3v) is 4.73. The molecule has 0 radical (unpaired) electrons. The maximum atomic E-state index is 12.9. The minimum atomic E-state index is -0.322. The van der Waals surface area contributed by atoms with Crippen molar-refractivity contribution in [2.75, 3.05) is 6.61 Å². The molecule has 0 aliphatic carbocycles. The summed E-state index contributed by atoms with van der Waals surface area (Å²) in [6.45, 7) is 7.71. The van der Waals surface area contributed by atoms with Gasteiger partial charge in [0.2, 0.25) is 0 Å². The highest BCUT2D eigenvalue weighted by atomic mass is 16.3. The molecule has 146 valence electrons. The van der Waals surface area contributed by atoms with Gasteiger partial charge in [0.1, 0.15) is 12.2 Å². The van der Waals surface area contributed by atoms with Crippen LogP contribution in [0.3, 0.4) is 0 Å². The van der Waals surface area contributed by atoms with Crippen LogP contribution >= 0.6 is 0 Å². The standard InChI is InChI=1S/C22H26N4O2/c1-14(2)21-25-23-13-26(21)20-11-18(17-8-6-5-7-9-17)10-19(16(20)4)22(28)24-15(3)12-27/h5-11,13-15,27H,12H2,1-4H3,(H,24,28)/t15-/m0/s1. The van der Waals surface area contributed by atoms with Crippen molar-refractivity contribution in [3.63, 3.8) is 0 Å². The average molecular weight is 378 g/mol. The predicted octanol–water partition coefficient (Wildman–Crippen LogP) is 3.48. The molecule has 0 bridgehead atoms. The number of benzene rings is 2. The summed E-state index contributed by atoms with van der Waals surface area (Å²) < 4.78 is 1.94. The minimum Gasteiger partial charge on any atom is -0.394 e. The zero-order valence-corrected chi connectivity index (χ0v) is 16.7. The molecule has 6 heteroatoms. The molecule has 0 saturated carbocycles. The van der Waals surface area contributed by atoms with Crippen LogP contribution in [0.15, 0.2) is 48.8 Å². The Hall–Kier alpha value is -2.99. The van der Waals surface area contributed by atoms with Gasteiger partial charge in [-0.25, -0.2) is 0 Å². The van der Waals surface area contributed by atoms with Crippen molar-refractivity contribution in [1.29, 1.82) is 0 Å². The van der Waals surface area contributed by atoms with Crippen LogP contribution in [0.25, 0.3) is 16.8 Å². The third kappa shape index (κ3) is 3.97. The zero-order valence-electron chi connectivity index (χ0n) is 16.7. The molecule has 1 atom stereocenters. The molecule has 1 heterocycles. The van der Waals surface area contributed by atoms with Crippen LogP contribution in [-0.4, -0.2) is 38.4 Å². The topological polar surface area (TPSA) is 80.0 Å². The highest BCUT2D eigenvalue weighted by Crippen LogP contribution is 2.29. The quantitative estimate of drug-likeness (QED) is 0.688. The van der Waals surface area contributed by atoms with Gasteiger partial charge in [0.25, 0.3) is 5.91 Å². The molecule has 2 N–H and O–H groups in total. The number of hydrogen-bond donors (Lipinski definition) is 2. The monoisotopic (exact) mass is 378 g/mol. The van der Waals surface area contributed by atoms with E-state index in [1.54, 1.807) is 13.3 Å². The lowest BCUT2D eigenvalue weighted by Crippen LogP contribution is -2.35. The summed E-state index contributed by atoms with van der Waals surface area (Å²) in [5.41, 5.74) is 4.24. The molecule has 0 fully saturated rings. The maximum absolute atomic E-state index is 12.9. The van der Waals surface area contributed by atoms with Gasteiger partial charge in [0, 0.05) is 17.5 Å². The number of amides is 1. The lowest BCUT2D eigenvalue weighted by molar-refractivity contribution is 0.0921. The Morgan fingerprint density at radius 2 is 1.86 bits per heavy atom. The smallest absolute Gasteiger partial charge is 0.251 e. The number of rotatable bonds is 6. The van der Waals surface area contributed by atoms with Crippen molar-refractivity contribution in [2.45, 2.75) is 39.7 Å². The van der Waals surface area contributed by atoms with Crippen LogP contribution in [0.4, 0.5) is 0 Å². The molecule has 1 amide bonds. The number of aromatic nitrogens is 3. The number of carbonyl (C=O) groups excluding carboxylic acids is 1. The summed E-state index contributed by atoms with van der Waals surface area (Å²) in [6.07, 6.45) is 1.68. The number of nitrogens with zero attached hydrogens (tertiary/aromatic N) is 3. The lowest BCUT2D eigenvalue weighted by Gasteiger charge is -2.18. The third-order valence-electron chi connectivity index (χ3n) is 4.73. The first-order valence-electron chi connectivity index (χ1n) is 9.44. The lowest BCUT2D eigenvalue weighted by atomic mass is 9.97. The van der Waals surface area contributed by atoms with Crippen molar-refractivity contribution >= 4 is 5.91 Å². The van der Waals surface area contributed by atoms with Crippen molar-refractivity contribution in [2.24, 2.45) is 0 Å². The fraction of sp³-hybridized carbons (Fsp3) is 0.318. The molecule has 0 saturated heterocycles. The number of carbonyl (C=O) groups is 1. The van der Waals surface area contributed by atoms with Gasteiger partial charge < -0.3 is 10.4 Å². The van der Waals surface area contributed by atoms with Crippen molar-refractivity contribution in [3.8, 4) is 16.8 Å². The number of nitrogens with one attached hydrogen (secondary N) is 1. The Morgan fingerprint density at radius 3 is 2.50 bits per heavy atom. The molecule has 1 aromatic heterocycles. The Morgan fingerprint density at radius 1 is 1.14 bits per heavy atom. The molecule has 0 unspecified atom stereocenters. The second-order valence-corrected chi connectivity index (χ2v) is 7.30. The van der Waals surface area contributed by atoms with Crippen molar-refractivity contribution in [3.05, 3.63) is 65.7 Å². The van der Waals surface area contributed by atoms with E-state index in [-0.39, 0.29) is 24.5 Å². The van der Waals surface area contributed by atoms with E-state index in [2.05, 4.69) is 35.4 Å². The van der Waals surface area contributed by atoms with Gasteiger partial charge in [-0.1, -0.05) is 44.2 Å². The Kier molecular flexibility index (Phi) is 5.90. The molecule has 3 aromatic rings. The second kappa shape index (κ2) is 8.35. The number of aliphatic hydroxyl groups excluding tert-OH is 1. The summed E-state index contributed by atoms with van der Waals surface area (Å²) in [6, 6.07) is 13.6. The first kappa shape index (κ1) is 19.8. The Balaban J connectivity index is 2.19. The van der Waals surface area contributed by atoms with E-state index in [1.807, 2.05) is 47.9 Å². The van der Waals surface area contributed by atoms with Gasteiger partial charge in [0.15, 0.2) is 0 Å². The van der Waals surface area contributed by atoms with Crippen LogP contribution < -0.4 is 5.32 Å². The van der Waals surface area contributed by atoms with E-state index in [9.17, 15) is 9.90 Å². The summed E-state index contributed by atoms with van der Waals surface area (Å²) in [5, 5.41) is 20.5. The first-order valence-corrected chi connectivity index (χ1v) is 9.44. The molecule has 2 aromatic carbocycles. The zero-order chi connectivity index (χ0) is 20.3. The van der Waals surface area contributed by atoms with Gasteiger partial charge in [-0.2, -0.15) is 0 Å². The fourth-order valence-electron chi connectivity index (χ4n) is 3.15. The molecule has 0 spiro atoms. The molecule has 3 rings (SSSR count). The highest BCUT2D eigenvalue weighted by molar-refractivity contribution is 5.98. The van der Waals surface area contributed by atoms with Crippen LogP contribution in [-0.2, 0) is 0 Å². The second-order valence-electron chi connectivity index (χ2n) is 7.30. The van der Waals surface area contributed by atoms with E-state index in [0.717, 1.165) is 28.2 Å².